The SMILES string of the molecule is CC(C)N(C)CCCNc1nc2ccc([N+](=O)[O-])cc2o1. The number of oxazole rings is 1. The van der Waals surface area contributed by atoms with Crippen molar-refractivity contribution in [3.8, 4) is 0 Å². The highest BCUT2D eigenvalue weighted by atomic mass is 16.6. The van der Waals surface area contributed by atoms with Gasteiger partial charge in [0.1, 0.15) is 5.52 Å². The van der Waals surface area contributed by atoms with E-state index < -0.39 is 4.92 Å². The molecule has 1 heterocycles. The first-order chi connectivity index (χ1) is 9.97. The summed E-state index contributed by atoms with van der Waals surface area (Å²) in [5.74, 6) is 0. The van der Waals surface area contributed by atoms with E-state index in [-0.39, 0.29) is 5.69 Å². The van der Waals surface area contributed by atoms with Crippen LogP contribution in [0.3, 0.4) is 0 Å². The fraction of sp³-hybridized carbons (Fsp3) is 0.500. The van der Waals surface area contributed by atoms with Crippen LogP contribution in [-0.2, 0) is 0 Å². The van der Waals surface area contributed by atoms with Crippen LogP contribution in [-0.4, -0.2) is 41.0 Å². The summed E-state index contributed by atoms with van der Waals surface area (Å²) in [4.78, 5) is 16.8. The molecule has 0 unspecified atom stereocenters. The van der Waals surface area contributed by atoms with Crippen LogP contribution in [0.2, 0.25) is 0 Å². The Kier molecular flexibility index (Phi) is 4.74. The maximum Gasteiger partial charge on any atom is 0.295 e. The minimum absolute atomic E-state index is 0.00348. The normalized spacial score (nSPS) is 11.5. The number of nitrogens with one attached hydrogen (secondary N) is 1. The van der Waals surface area contributed by atoms with Gasteiger partial charge in [0, 0.05) is 18.7 Å². The predicted octanol–water partition coefficient (Wildman–Crippen LogP) is 2.88. The van der Waals surface area contributed by atoms with E-state index in [1.807, 2.05) is 0 Å². The lowest BCUT2D eigenvalue weighted by molar-refractivity contribution is -0.384. The van der Waals surface area contributed by atoms with E-state index in [4.69, 9.17) is 4.42 Å². The zero-order valence-electron chi connectivity index (χ0n) is 12.5. The molecule has 7 nitrogen and oxygen atoms in total. The monoisotopic (exact) mass is 292 g/mol. The molecular formula is C14H20N4O3. The molecule has 0 spiro atoms. The van der Waals surface area contributed by atoms with Crippen LogP contribution in [0.5, 0.6) is 0 Å². The van der Waals surface area contributed by atoms with E-state index in [1.54, 1.807) is 6.07 Å². The molecule has 0 amide bonds. The number of nitro benzene ring substituents is 1. The maximum absolute atomic E-state index is 10.7. The molecular weight excluding hydrogens is 272 g/mol. The van der Waals surface area contributed by atoms with Crippen LogP contribution >= 0.6 is 0 Å². The van der Waals surface area contributed by atoms with Crippen molar-refractivity contribution in [3.05, 3.63) is 28.3 Å². The predicted molar refractivity (Wildman–Crippen MR) is 81.5 cm³/mol. The van der Waals surface area contributed by atoms with Crippen LogP contribution in [0, 0.1) is 10.1 Å². The van der Waals surface area contributed by atoms with Crippen LogP contribution < -0.4 is 5.32 Å². The Morgan fingerprint density at radius 2 is 2.24 bits per heavy atom. The number of nitro groups is 1. The van der Waals surface area contributed by atoms with E-state index in [0.29, 0.717) is 23.2 Å². The van der Waals surface area contributed by atoms with Gasteiger partial charge in [-0.25, -0.2) is 0 Å². The average Bonchev–Trinajstić information content (AvgIpc) is 2.84. The second kappa shape index (κ2) is 6.53. The number of benzene rings is 1. The van der Waals surface area contributed by atoms with Gasteiger partial charge in [0.05, 0.1) is 11.0 Å². The molecule has 0 aliphatic heterocycles. The Labute approximate surface area is 123 Å². The number of aromatic nitrogens is 1. The molecule has 0 bridgehead atoms. The van der Waals surface area contributed by atoms with E-state index in [1.165, 1.54) is 12.1 Å². The van der Waals surface area contributed by atoms with E-state index in [2.05, 4.69) is 36.1 Å². The third-order valence-corrected chi connectivity index (χ3v) is 3.43. The van der Waals surface area contributed by atoms with Gasteiger partial charge in [-0.1, -0.05) is 0 Å². The third-order valence-electron chi connectivity index (χ3n) is 3.43. The van der Waals surface area contributed by atoms with Gasteiger partial charge in [-0.05, 0) is 39.9 Å². The average molecular weight is 292 g/mol. The Balaban J connectivity index is 1.92. The zero-order chi connectivity index (χ0) is 15.4. The quantitative estimate of drug-likeness (QED) is 0.480. The molecule has 2 rings (SSSR count). The fourth-order valence-electron chi connectivity index (χ4n) is 1.88. The number of rotatable bonds is 7. The Morgan fingerprint density at radius 1 is 1.48 bits per heavy atom. The molecule has 0 saturated carbocycles. The molecule has 0 atom stereocenters. The van der Waals surface area contributed by atoms with Crippen LogP contribution in [0.25, 0.3) is 11.1 Å². The summed E-state index contributed by atoms with van der Waals surface area (Å²) in [7, 11) is 2.09. The van der Waals surface area contributed by atoms with Crippen molar-refractivity contribution in [1.82, 2.24) is 9.88 Å². The van der Waals surface area contributed by atoms with Gasteiger partial charge in [0.15, 0.2) is 5.58 Å². The van der Waals surface area contributed by atoms with Gasteiger partial charge in [-0.15, -0.1) is 0 Å². The van der Waals surface area contributed by atoms with Crippen LogP contribution in [0.4, 0.5) is 11.7 Å². The molecule has 0 aliphatic rings. The van der Waals surface area contributed by atoms with Crippen molar-refractivity contribution in [2.75, 3.05) is 25.5 Å². The van der Waals surface area contributed by atoms with Gasteiger partial charge in [-0.2, -0.15) is 4.98 Å². The molecule has 1 aromatic carbocycles. The summed E-state index contributed by atoms with van der Waals surface area (Å²) in [5.41, 5.74) is 1.04. The van der Waals surface area contributed by atoms with Crippen molar-refractivity contribution in [1.29, 1.82) is 0 Å². The Hall–Kier alpha value is -2.15. The molecule has 0 saturated heterocycles. The standard InChI is InChI=1S/C14H20N4O3/c1-10(2)17(3)8-4-7-15-14-16-12-6-5-11(18(19)20)9-13(12)21-14/h5-6,9-10H,4,7-8H2,1-3H3,(H,15,16). The molecule has 2 aromatic rings. The zero-order valence-corrected chi connectivity index (χ0v) is 12.5. The summed E-state index contributed by atoms with van der Waals surface area (Å²) >= 11 is 0. The van der Waals surface area contributed by atoms with Crippen molar-refractivity contribution in [2.45, 2.75) is 26.3 Å². The fourth-order valence-corrected chi connectivity index (χ4v) is 1.88. The van der Waals surface area contributed by atoms with E-state index in [0.717, 1.165) is 19.5 Å². The highest BCUT2D eigenvalue weighted by molar-refractivity contribution is 5.77. The third kappa shape index (κ3) is 3.91. The minimum atomic E-state index is -0.448. The van der Waals surface area contributed by atoms with Gasteiger partial charge in [0.25, 0.3) is 11.7 Å². The molecule has 21 heavy (non-hydrogen) atoms. The summed E-state index contributed by atoms with van der Waals surface area (Å²) in [6.07, 6.45) is 0.966. The van der Waals surface area contributed by atoms with Crippen LogP contribution in [0.1, 0.15) is 20.3 Å². The second-order valence-electron chi connectivity index (χ2n) is 5.28. The highest BCUT2D eigenvalue weighted by Crippen LogP contribution is 2.23. The number of hydrogen-bond acceptors (Lipinski definition) is 6. The molecule has 7 heteroatoms. The van der Waals surface area contributed by atoms with Crippen molar-refractivity contribution in [3.63, 3.8) is 0 Å². The molecule has 0 fully saturated rings. The summed E-state index contributed by atoms with van der Waals surface area (Å²) < 4.78 is 5.47. The lowest BCUT2D eigenvalue weighted by atomic mass is 10.3. The largest absolute Gasteiger partial charge is 0.423 e. The summed E-state index contributed by atoms with van der Waals surface area (Å²) in [5, 5.41) is 13.8. The summed E-state index contributed by atoms with van der Waals surface area (Å²) in [6, 6.07) is 5.33. The second-order valence-corrected chi connectivity index (χ2v) is 5.28. The number of non-ortho nitro benzene ring substituents is 1. The Morgan fingerprint density at radius 3 is 2.90 bits per heavy atom. The van der Waals surface area contributed by atoms with E-state index >= 15 is 0 Å². The number of hydrogen-bond donors (Lipinski definition) is 1. The van der Waals surface area contributed by atoms with Crippen LogP contribution in [0.15, 0.2) is 22.6 Å². The molecule has 1 aromatic heterocycles. The molecule has 0 radical (unpaired) electrons. The molecule has 1 N–H and O–H groups in total. The van der Waals surface area contributed by atoms with Gasteiger partial charge >= 0.3 is 0 Å². The molecule has 0 aliphatic carbocycles. The number of fused-ring (bicyclic) bond motifs is 1. The lowest BCUT2D eigenvalue weighted by Crippen LogP contribution is -2.28. The smallest absolute Gasteiger partial charge is 0.295 e. The van der Waals surface area contributed by atoms with Gasteiger partial charge in [0.2, 0.25) is 0 Å². The first kappa shape index (κ1) is 15.2. The first-order valence-electron chi connectivity index (χ1n) is 6.96. The topological polar surface area (TPSA) is 84.4 Å². The number of anilines is 1. The van der Waals surface area contributed by atoms with Crippen molar-refractivity contribution < 1.29 is 9.34 Å². The number of nitrogens with zero attached hydrogens (tertiary/aromatic N) is 3. The lowest BCUT2D eigenvalue weighted by Gasteiger charge is -2.20. The Bertz CT molecular complexity index is 624. The first-order valence-corrected chi connectivity index (χ1v) is 6.96. The maximum atomic E-state index is 10.7. The van der Waals surface area contributed by atoms with Crippen molar-refractivity contribution in [2.24, 2.45) is 0 Å². The minimum Gasteiger partial charge on any atom is -0.423 e. The van der Waals surface area contributed by atoms with Gasteiger partial charge < -0.3 is 14.6 Å². The van der Waals surface area contributed by atoms with Gasteiger partial charge in [-0.3, -0.25) is 10.1 Å². The molecule has 114 valence electrons. The highest BCUT2D eigenvalue weighted by Gasteiger charge is 2.11. The van der Waals surface area contributed by atoms with Crippen molar-refractivity contribution >= 4 is 22.8 Å². The summed E-state index contributed by atoms with van der Waals surface area (Å²) in [6.45, 7) is 6.03. The van der Waals surface area contributed by atoms with E-state index in [9.17, 15) is 10.1 Å².